The molecule has 4 bridgehead atoms. The highest BCUT2D eigenvalue weighted by Crippen LogP contribution is 2.61. The van der Waals surface area contributed by atoms with Crippen LogP contribution in [0.2, 0.25) is 0 Å². The van der Waals surface area contributed by atoms with Gasteiger partial charge in [0.1, 0.15) is 11.4 Å². The summed E-state index contributed by atoms with van der Waals surface area (Å²) in [5.74, 6) is 4.66. The Labute approximate surface area is 127 Å². The Balaban J connectivity index is 1.60. The molecule has 110 valence electrons. The first-order chi connectivity index (χ1) is 10.1. The van der Waals surface area contributed by atoms with Crippen LogP contribution in [0.3, 0.4) is 0 Å². The second kappa shape index (κ2) is 3.94. The van der Waals surface area contributed by atoms with Crippen molar-refractivity contribution in [2.75, 3.05) is 0 Å². The van der Waals surface area contributed by atoms with Crippen molar-refractivity contribution < 1.29 is 4.74 Å². The molecule has 0 radical (unpaired) electrons. The van der Waals surface area contributed by atoms with Gasteiger partial charge in [-0.05, 0) is 81.1 Å². The molecule has 1 aromatic carbocycles. The third-order valence-electron chi connectivity index (χ3n) is 6.70. The average Bonchev–Trinajstić information content (AvgIpc) is 2.43. The second-order valence-corrected chi connectivity index (χ2v) is 8.09. The first kappa shape index (κ1) is 12.3. The Morgan fingerprint density at radius 2 is 1.62 bits per heavy atom. The van der Waals surface area contributed by atoms with E-state index in [0.717, 1.165) is 29.4 Å². The zero-order valence-electron chi connectivity index (χ0n) is 13.1. The van der Waals surface area contributed by atoms with E-state index in [4.69, 9.17) is 4.74 Å². The van der Waals surface area contributed by atoms with Crippen LogP contribution in [0, 0.1) is 37.5 Å². The van der Waals surface area contributed by atoms with Crippen LogP contribution in [-0.4, -0.2) is 5.60 Å². The highest BCUT2D eigenvalue weighted by molar-refractivity contribution is 5.65. The van der Waals surface area contributed by atoms with Crippen LogP contribution in [0.25, 0.3) is 6.08 Å². The highest BCUT2D eigenvalue weighted by Gasteiger charge is 2.58. The molecule has 0 amide bonds. The molecule has 0 saturated heterocycles. The van der Waals surface area contributed by atoms with Gasteiger partial charge in [-0.15, -0.1) is 0 Å². The summed E-state index contributed by atoms with van der Waals surface area (Å²) in [6.07, 6.45) is 11.9. The van der Waals surface area contributed by atoms with Gasteiger partial charge in [0, 0.05) is 17.4 Å². The van der Waals surface area contributed by atoms with Crippen molar-refractivity contribution >= 4 is 6.08 Å². The van der Waals surface area contributed by atoms with E-state index in [1.165, 1.54) is 48.8 Å². The van der Waals surface area contributed by atoms with E-state index in [1.807, 2.05) is 0 Å². The van der Waals surface area contributed by atoms with Gasteiger partial charge in [-0.2, -0.15) is 0 Å². The maximum Gasteiger partial charge on any atom is 0.133 e. The lowest BCUT2D eigenvalue weighted by molar-refractivity contribution is -0.128. The molecule has 1 heterocycles. The van der Waals surface area contributed by atoms with E-state index >= 15 is 0 Å². The molecule has 1 aliphatic heterocycles. The molecule has 0 atom stereocenters. The van der Waals surface area contributed by atoms with E-state index in [2.05, 4.69) is 38.1 Å². The van der Waals surface area contributed by atoms with Gasteiger partial charge in [-0.3, -0.25) is 0 Å². The lowest BCUT2D eigenvalue weighted by Crippen LogP contribution is -2.60. The van der Waals surface area contributed by atoms with Crippen LogP contribution < -0.4 is 4.74 Å². The quantitative estimate of drug-likeness (QED) is 0.656. The molecule has 4 saturated carbocycles. The minimum Gasteiger partial charge on any atom is -0.482 e. The Morgan fingerprint density at radius 3 is 2.29 bits per heavy atom. The summed E-state index contributed by atoms with van der Waals surface area (Å²) in [7, 11) is 0. The standard InChI is InChI=1S/C20H24O/c1-12-5-13(2)18-3-4-20(21-19(18)6-12)16-8-14-7-15(10-16)11-17(20)9-14/h3-6,14-17H,7-11H2,1-2H3. The Morgan fingerprint density at radius 1 is 0.952 bits per heavy atom. The van der Waals surface area contributed by atoms with Gasteiger partial charge in [0.2, 0.25) is 0 Å². The predicted molar refractivity (Wildman–Crippen MR) is 85.4 cm³/mol. The maximum atomic E-state index is 6.77. The minimum absolute atomic E-state index is 0.0284. The largest absolute Gasteiger partial charge is 0.482 e. The minimum atomic E-state index is 0.0284. The second-order valence-electron chi connectivity index (χ2n) is 8.09. The van der Waals surface area contributed by atoms with Crippen molar-refractivity contribution in [3.05, 3.63) is 34.9 Å². The molecule has 4 aliphatic carbocycles. The Kier molecular flexibility index (Phi) is 2.31. The van der Waals surface area contributed by atoms with Gasteiger partial charge in [-0.25, -0.2) is 0 Å². The molecule has 0 unspecified atom stereocenters. The van der Waals surface area contributed by atoms with Crippen LogP contribution >= 0.6 is 0 Å². The monoisotopic (exact) mass is 280 g/mol. The van der Waals surface area contributed by atoms with Crippen molar-refractivity contribution in [1.29, 1.82) is 0 Å². The van der Waals surface area contributed by atoms with E-state index in [1.54, 1.807) is 0 Å². The lowest BCUT2D eigenvalue weighted by Gasteiger charge is -2.60. The fraction of sp³-hybridized carbons (Fsp3) is 0.600. The van der Waals surface area contributed by atoms with E-state index in [-0.39, 0.29) is 5.60 Å². The van der Waals surface area contributed by atoms with Gasteiger partial charge >= 0.3 is 0 Å². The molecule has 1 spiro atoms. The average molecular weight is 280 g/mol. The van der Waals surface area contributed by atoms with Crippen molar-refractivity contribution in [3.8, 4) is 5.75 Å². The van der Waals surface area contributed by atoms with E-state index < -0.39 is 0 Å². The summed E-state index contributed by atoms with van der Waals surface area (Å²) < 4.78 is 6.77. The number of hydrogen-bond acceptors (Lipinski definition) is 1. The molecule has 1 heteroatoms. The zero-order chi connectivity index (χ0) is 14.2. The van der Waals surface area contributed by atoms with Gasteiger partial charge in [0.05, 0.1) is 0 Å². The van der Waals surface area contributed by atoms with Crippen molar-refractivity contribution in [2.45, 2.75) is 51.6 Å². The van der Waals surface area contributed by atoms with E-state index in [0.29, 0.717) is 0 Å². The first-order valence-electron chi connectivity index (χ1n) is 8.63. The predicted octanol–water partition coefficient (Wildman–Crippen LogP) is 4.90. The smallest absolute Gasteiger partial charge is 0.133 e. The summed E-state index contributed by atoms with van der Waals surface area (Å²) in [5, 5.41) is 0. The topological polar surface area (TPSA) is 9.23 Å². The number of hydrogen-bond donors (Lipinski definition) is 0. The Bertz CT molecular complexity index is 611. The first-order valence-corrected chi connectivity index (χ1v) is 8.63. The number of ether oxygens (including phenoxy) is 1. The summed E-state index contributed by atoms with van der Waals surface area (Å²) in [4.78, 5) is 0. The molecule has 6 rings (SSSR count). The van der Waals surface area contributed by atoms with Crippen LogP contribution in [0.15, 0.2) is 18.2 Å². The molecule has 4 fully saturated rings. The van der Waals surface area contributed by atoms with Crippen molar-refractivity contribution in [3.63, 3.8) is 0 Å². The van der Waals surface area contributed by atoms with Crippen LogP contribution in [-0.2, 0) is 0 Å². The number of aryl methyl sites for hydroxylation is 2. The third-order valence-corrected chi connectivity index (χ3v) is 6.70. The van der Waals surface area contributed by atoms with E-state index in [9.17, 15) is 0 Å². The van der Waals surface area contributed by atoms with Crippen molar-refractivity contribution in [2.24, 2.45) is 23.7 Å². The fourth-order valence-electron chi connectivity index (χ4n) is 6.04. The Hall–Kier alpha value is -1.24. The lowest BCUT2D eigenvalue weighted by atomic mass is 9.49. The highest BCUT2D eigenvalue weighted by atomic mass is 16.5. The van der Waals surface area contributed by atoms with Gasteiger partial charge < -0.3 is 4.74 Å². The number of benzene rings is 1. The molecule has 0 N–H and O–H groups in total. The number of fused-ring (bicyclic) bond motifs is 1. The summed E-state index contributed by atoms with van der Waals surface area (Å²) in [6, 6.07) is 4.51. The normalized spacial score (nSPS) is 42.2. The van der Waals surface area contributed by atoms with Crippen molar-refractivity contribution in [1.82, 2.24) is 0 Å². The summed E-state index contributed by atoms with van der Waals surface area (Å²) in [6.45, 7) is 4.38. The summed E-state index contributed by atoms with van der Waals surface area (Å²) >= 11 is 0. The van der Waals surface area contributed by atoms with Gasteiger partial charge in [0.15, 0.2) is 0 Å². The SMILES string of the molecule is Cc1cc(C)c2c(c1)OC1(C=C2)C2CC3CC(C2)CC1C3. The molecule has 0 aromatic heterocycles. The van der Waals surface area contributed by atoms with Crippen LogP contribution in [0.5, 0.6) is 5.75 Å². The summed E-state index contributed by atoms with van der Waals surface area (Å²) in [5.41, 5.74) is 4.00. The molecule has 5 aliphatic rings. The molecule has 1 aromatic rings. The fourth-order valence-corrected chi connectivity index (χ4v) is 6.04. The third kappa shape index (κ3) is 1.58. The molecular formula is C20H24O. The van der Waals surface area contributed by atoms with Gasteiger partial charge in [0.25, 0.3) is 0 Å². The molecule has 21 heavy (non-hydrogen) atoms. The number of rotatable bonds is 0. The van der Waals surface area contributed by atoms with Crippen LogP contribution in [0.1, 0.15) is 48.8 Å². The maximum absolute atomic E-state index is 6.77. The van der Waals surface area contributed by atoms with Crippen LogP contribution in [0.4, 0.5) is 0 Å². The molecule has 1 nitrogen and oxygen atoms in total. The van der Waals surface area contributed by atoms with Gasteiger partial charge in [-0.1, -0.05) is 12.1 Å². The zero-order valence-corrected chi connectivity index (χ0v) is 13.1. The molecular weight excluding hydrogens is 256 g/mol.